The molecule has 0 fully saturated rings. The second-order valence-corrected chi connectivity index (χ2v) is 4.96. The van der Waals surface area contributed by atoms with Crippen LogP contribution in [0.25, 0.3) is 16.9 Å². The molecule has 0 bridgehead atoms. The van der Waals surface area contributed by atoms with Gasteiger partial charge in [0.05, 0.1) is 23.9 Å². The summed E-state index contributed by atoms with van der Waals surface area (Å²) >= 11 is 0. The van der Waals surface area contributed by atoms with E-state index in [1.807, 2.05) is 30.7 Å². The van der Waals surface area contributed by atoms with Crippen LogP contribution < -0.4 is 5.73 Å². The smallest absolute Gasteiger partial charge is 0.132 e. The molecule has 0 aliphatic heterocycles. The van der Waals surface area contributed by atoms with E-state index in [4.69, 9.17) is 5.73 Å². The van der Waals surface area contributed by atoms with E-state index in [1.165, 1.54) is 5.56 Å². The molecule has 3 rings (SSSR count). The van der Waals surface area contributed by atoms with Gasteiger partial charge in [0.2, 0.25) is 0 Å². The van der Waals surface area contributed by atoms with Crippen molar-refractivity contribution in [1.82, 2.24) is 14.5 Å². The van der Waals surface area contributed by atoms with E-state index in [9.17, 15) is 0 Å². The number of rotatable bonds is 4. The first-order valence-corrected chi connectivity index (χ1v) is 7.12. The summed E-state index contributed by atoms with van der Waals surface area (Å²) in [7, 11) is 0. The Morgan fingerprint density at radius 1 is 1.14 bits per heavy atom. The van der Waals surface area contributed by atoms with Crippen LogP contribution in [0.3, 0.4) is 0 Å². The summed E-state index contributed by atoms with van der Waals surface area (Å²) in [6.45, 7) is 2.19. The maximum atomic E-state index is 6.00. The second kappa shape index (κ2) is 5.79. The highest BCUT2D eigenvalue weighted by Gasteiger charge is 2.12. The third-order valence-electron chi connectivity index (χ3n) is 3.52. The zero-order chi connectivity index (χ0) is 14.7. The zero-order valence-corrected chi connectivity index (χ0v) is 12.0. The minimum absolute atomic E-state index is 0.521. The van der Waals surface area contributed by atoms with E-state index in [-0.39, 0.29) is 0 Å². The first-order chi connectivity index (χ1) is 10.3. The summed E-state index contributed by atoms with van der Waals surface area (Å²) in [5, 5.41) is 0. The quantitative estimate of drug-likeness (QED) is 0.795. The molecule has 0 amide bonds. The monoisotopic (exact) mass is 278 g/mol. The van der Waals surface area contributed by atoms with Crippen molar-refractivity contribution in [2.24, 2.45) is 0 Å². The lowest BCUT2D eigenvalue weighted by molar-refractivity contribution is 0.899. The van der Waals surface area contributed by atoms with Gasteiger partial charge < -0.3 is 5.73 Å². The predicted molar refractivity (Wildman–Crippen MR) is 85.2 cm³/mol. The number of nitrogen functional groups attached to an aromatic ring is 1. The van der Waals surface area contributed by atoms with Crippen LogP contribution in [0.5, 0.6) is 0 Å². The van der Waals surface area contributed by atoms with Gasteiger partial charge in [0.25, 0.3) is 0 Å². The number of hydrogen-bond acceptors (Lipinski definition) is 3. The lowest BCUT2D eigenvalue weighted by Crippen LogP contribution is -2.02. The lowest BCUT2D eigenvalue weighted by atomic mass is 10.1. The van der Waals surface area contributed by atoms with Crippen LogP contribution in [-0.4, -0.2) is 14.5 Å². The molecule has 106 valence electrons. The maximum Gasteiger partial charge on any atom is 0.132 e. The predicted octanol–water partition coefficient (Wildman–Crippen LogP) is 3.47. The van der Waals surface area contributed by atoms with E-state index in [1.54, 1.807) is 6.20 Å². The molecule has 2 heterocycles. The van der Waals surface area contributed by atoms with Crippen LogP contribution in [0.15, 0.2) is 55.1 Å². The molecule has 4 nitrogen and oxygen atoms in total. The Morgan fingerprint density at radius 2 is 2.00 bits per heavy atom. The van der Waals surface area contributed by atoms with Gasteiger partial charge in [-0.2, -0.15) is 0 Å². The van der Waals surface area contributed by atoms with Crippen LogP contribution in [-0.2, 0) is 6.42 Å². The fraction of sp³-hybridized carbons (Fsp3) is 0.176. The number of para-hydroxylation sites is 1. The third-order valence-corrected chi connectivity index (χ3v) is 3.52. The van der Waals surface area contributed by atoms with E-state index in [0.717, 1.165) is 29.8 Å². The summed E-state index contributed by atoms with van der Waals surface area (Å²) < 4.78 is 2.08. The molecule has 0 atom stereocenters. The highest BCUT2D eigenvalue weighted by molar-refractivity contribution is 5.72. The van der Waals surface area contributed by atoms with E-state index >= 15 is 0 Å². The molecule has 0 aliphatic rings. The Labute approximate surface area is 124 Å². The Hall–Kier alpha value is -2.62. The molecule has 3 aromatic rings. The molecular formula is C17H18N4. The normalized spacial score (nSPS) is 10.7. The summed E-state index contributed by atoms with van der Waals surface area (Å²) in [5.41, 5.74) is 10.3. The maximum absolute atomic E-state index is 6.00. The van der Waals surface area contributed by atoms with Gasteiger partial charge in [0, 0.05) is 11.8 Å². The molecule has 2 N–H and O–H groups in total. The number of nitrogens with zero attached hydrogens (tertiary/aromatic N) is 3. The Bertz CT molecular complexity index is 746. The zero-order valence-electron chi connectivity index (χ0n) is 12.0. The molecule has 4 heteroatoms. The number of benzene rings is 1. The Balaban J connectivity index is 2.14. The van der Waals surface area contributed by atoms with Crippen molar-refractivity contribution in [2.45, 2.75) is 19.8 Å². The average Bonchev–Trinajstić information content (AvgIpc) is 2.98. The number of aromatic nitrogens is 3. The van der Waals surface area contributed by atoms with Crippen LogP contribution >= 0.6 is 0 Å². The minimum atomic E-state index is 0.521. The number of anilines is 1. The number of hydrogen-bond donors (Lipinski definition) is 1. The van der Waals surface area contributed by atoms with Gasteiger partial charge in [0.15, 0.2) is 0 Å². The van der Waals surface area contributed by atoms with Crippen molar-refractivity contribution >= 4 is 5.82 Å². The van der Waals surface area contributed by atoms with Gasteiger partial charge in [-0.05, 0) is 30.2 Å². The fourth-order valence-electron chi connectivity index (χ4n) is 2.55. The van der Waals surface area contributed by atoms with Gasteiger partial charge in [-0.3, -0.25) is 4.57 Å². The Morgan fingerprint density at radius 3 is 2.81 bits per heavy atom. The molecule has 0 unspecified atom stereocenters. The largest absolute Gasteiger partial charge is 0.383 e. The summed E-state index contributed by atoms with van der Waals surface area (Å²) in [6.07, 6.45) is 7.50. The van der Waals surface area contributed by atoms with Crippen molar-refractivity contribution in [3.63, 3.8) is 0 Å². The van der Waals surface area contributed by atoms with Crippen molar-refractivity contribution in [2.75, 3.05) is 5.73 Å². The lowest BCUT2D eigenvalue weighted by Gasteiger charge is -2.13. The highest BCUT2D eigenvalue weighted by Crippen LogP contribution is 2.27. The fourth-order valence-corrected chi connectivity index (χ4v) is 2.55. The standard InChI is InChI=1S/C17H18N4/c1-2-6-13-7-3-4-9-15(13)21-12-19-11-16(21)14-8-5-10-20-17(14)18/h3-5,7-12H,2,6H2,1H3,(H2,18,20). The Kier molecular flexibility index (Phi) is 3.69. The molecule has 0 saturated carbocycles. The number of aryl methyl sites for hydroxylation is 1. The van der Waals surface area contributed by atoms with Crippen molar-refractivity contribution in [1.29, 1.82) is 0 Å². The van der Waals surface area contributed by atoms with E-state index in [2.05, 4.69) is 39.7 Å². The van der Waals surface area contributed by atoms with Crippen LogP contribution in [0, 0.1) is 0 Å². The van der Waals surface area contributed by atoms with Gasteiger partial charge in [-0.15, -0.1) is 0 Å². The molecule has 1 aromatic carbocycles. The first kappa shape index (κ1) is 13.4. The van der Waals surface area contributed by atoms with Crippen molar-refractivity contribution < 1.29 is 0 Å². The van der Waals surface area contributed by atoms with Crippen molar-refractivity contribution in [3.8, 4) is 16.9 Å². The van der Waals surface area contributed by atoms with E-state index < -0.39 is 0 Å². The number of imidazole rings is 1. The van der Waals surface area contributed by atoms with Gasteiger partial charge in [-0.25, -0.2) is 9.97 Å². The van der Waals surface area contributed by atoms with Gasteiger partial charge in [0.1, 0.15) is 5.82 Å². The average molecular weight is 278 g/mol. The third kappa shape index (κ3) is 2.52. The topological polar surface area (TPSA) is 56.7 Å². The van der Waals surface area contributed by atoms with Crippen LogP contribution in [0.2, 0.25) is 0 Å². The molecule has 0 radical (unpaired) electrons. The number of nitrogens with two attached hydrogens (primary N) is 1. The van der Waals surface area contributed by atoms with Crippen LogP contribution in [0.4, 0.5) is 5.82 Å². The molecule has 0 saturated heterocycles. The molecule has 21 heavy (non-hydrogen) atoms. The molecule has 0 spiro atoms. The second-order valence-electron chi connectivity index (χ2n) is 4.96. The highest BCUT2D eigenvalue weighted by atomic mass is 15.1. The van der Waals surface area contributed by atoms with Crippen LogP contribution in [0.1, 0.15) is 18.9 Å². The van der Waals surface area contributed by atoms with Crippen molar-refractivity contribution in [3.05, 3.63) is 60.7 Å². The van der Waals surface area contributed by atoms with E-state index in [0.29, 0.717) is 5.82 Å². The summed E-state index contributed by atoms with van der Waals surface area (Å²) in [6, 6.07) is 12.3. The number of pyridine rings is 1. The summed E-state index contributed by atoms with van der Waals surface area (Å²) in [4.78, 5) is 8.46. The SMILES string of the molecule is CCCc1ccccc1-n1cncc1-c1cccnc1N. The summed E-state index contributed by atoms with van der Waals surface area (Å²) in [5.74, 6) is 0.521. The van der Waals surface area contributed by atoms with Gasteiger partial charge >= 0.3 is 0 Å². The minimum Gasteiger partial charge on any atom is -0.383 e. The first-order valence-electron chi connectivity index (χ1n) is 7.12. The molecule has 2 aromatic heterocycles. The molecular weight excluding hydrogens is 260 g/mol. The molecule has 0 aliphatic carbocycles. The van der Waals surface area contributed by atoms with Gasteiger partial charge in [-0.1, -0.05) is 31.5 Å².